The molecule has 2 rings (SSSR count). The quantitative estimate of drug-likeness (QED) is 0.864. The van der Waals surface area contributed by atoms with E-state index in [0.29, 0.717) is 11.4 Å². The molecule has 1 aromatic carbocycles. The molecule has 22 heavy (non-hydrogen) atoms. The Morgan fingerprint density at radius 1 is 1.23 bits per heavy atom. The number of methoxy groups -OCH3 is 1. The van der Waals surface area contributed by atoms with E-state index in [0.717, 1.165) is 4.57 Å². The number of carbonyl (C=O) groups excluding carboxylic acids is 1. The minimum Gasteiger partial charge on any atom is -0.495 e. The molecule has 0 saturated heterocycles. The Kier molecular flexibility index (Phi) is 4.57. The van der Waals surface area contributed by atoms with Crippen LogP contribution in [0.15, 0.2) is 47.4 Å². The van der Waals surface area contributed by atoms with Crippen LogP contribution in [0.25, 0.3) is 0 Å². The smallest absolute Gasteiger partial charge is 0.341 e. The molecule has 7 heteroatoms. The Labute approximate surface area is 125 Å². The van der Waals surface area contributed by atoms with Gasteiger partial charge in [-0.15, -0.1) is 0 Å². The summed E-state index contributed by atoms with van der Waals surface area (Å²) in [6, 6.07) is 9.44. The standard InChI is InChI=1S/C15H14N2O5/c1-22-12-7-3-2-6-11(12)16-13(18)9-17-8-4-5-10(14(17)19)15(20)21/h2-8H,9H2,1H3,(H,16,18)(H,20,21). The summed E-state index contributed by atoms with van der Waals surface area (Å²) < 4.78 is 6.15. The normalized spacial score (nSPS) is 10.0. The Hall–Kier alpha value is -3.09. The van der Waals surface area contributed by atoms with E-state index in [4.69, 9.17) is 9.84 Å². The molecule has 0 atom stereocenters. The number of anilines is 1. The van der Waals surface area contributed by atoms with E-state index >= 15 is 0 Å². The van der Waals surface area contributed by atoms with E-state index in [2.05, 4.69) is 5.32 Å². The van der Waals surface area contributed by atoms with E-state index in [1.54, 1.807) is 24.3 Å². The van der Waals surface area contributed by atoms with Crippen molar-refractivity contribution in [2.24, 2.45) is 0 Å². The molecule has 1 aromatic heterocycles. The van der Waals surface area contributed by atoms with Crippen LogP contribution in [-0.2, 0) is 11.3 Å². The first kappa shape index (κ1) is 15.3. The van der Waals surface area contributed by atoms with Crippen LogP contribution in [0.1, 0.15) is 10.4 Å². The van der Waals surface area contributed by atoms with Crippen LogP contribution in [0.3, 0.4) is 0 Å². The zero-order chi connectivity index (χ0) is 16.1. The van der Waals surface area contributed by atoms with Gasteiger partial charge in [0.25, 0.3) is 5.56 Å². The third-order valence-corrected chi connectivity index (χ3v) is 2.95. The predicted octanol–water partition coefficient (Wildman–Crippen LogP) is 1.19. The molecule has 1 amide bonds. The first-order chi connectivity index (χ1) is 10.5. The van der Waals surface area contributed by atoms with Gasteiger partial charge in [0.1, 0.15) is 17.9 Å². The van der Waals surface area contributed by atoms with Crippen LogP contribution in [0.2, 0.25) is 0 Å². The molecule has 0 bridgehead atoms. The Morgan fingerprint density at radius 3 is 2.64 bits per heavy atom. The van der Waals surface area contributed by atoms with Gasteiger partial charge in [-0.25, -0.2) is 4.79 Å². The molecule has 0 radical (unpaired) electrons. The number of ether oxygens (including phenoxy) is 1. The molecule has 114 valence electrons. The highest BCUT2D eigenvalue weighted by atomic mass is 16.5. The number of hydrogen-bond donors (Lipinski definition) is 2. The van der Waals surface area contributed by atoms with Crippen LogP contribution in [0.5, 0.6) is 5.75 Å². The molecule has 2 N–H and O–H groups in total. The Balaban J connectivity index is 2.18. The summed E-state index contributed by atoms with van der Waals surface area (Å²) in [5, 5.41) is 11.5. The van der Waals surface area contributed by atoms with Gasteiger partial charge < -0.3 is 19.7 Å². The van der Waals surface area contributed by atoms with Gasteiger partial charge in [0.2, 0.25) is 5.91 Å². The molecule has 0 aliphatic rings. The zero-order valence-electron chi connectivity index (χ0n) is 11.8. The lowest BCUT2D eigenvalue weighted by molar-refractivity contribution is -0.116. The number of nitrogens with one attached hydrogen (secondary N) is 1. The molecule has 2 aromatic rings. The second kappa shape index (κ2) is 6.57. The van der Waals surface area contributed by atoms with Crippen LogP contribution in [0.4, 0.5) is 5.69 Å². The van der Waals surface area contributed by atoms with Gasteiger partial charge in [-0.2, -0.15) is 0 Å². The van der Waals surface area contributed by atoms with Crippen LogP contribution >= 0.6 is 0 Å². The number of aromatic carboxylic acids is 1. The van der Waals surface area contributed by atoms with E-state index in [1.165, 1.54) is 25.4 Å². The number of carboxylic acid groups (broad SMARTS) is 1. The van der Waals surface area contributed by atoms with Crippen LogP contribution < -0.4 is 15.6 Å². The average Bonchev–Trinajstić information content (AvgIpc) is 2.49. The number of hydrogen-bond acceptors (Lipinski definition) is 4. The number of amides is 1. The number of nitrogens with zero attached hydrogens (tertiary/aromatic N) is 1. The van der Waals surface area contributed by atoms with Crippen LogP contribution in [-0.4, -0.2) is 28.7 Å². The topological polar surface area (TPSA) is 97.6 Å². The lowest BCUT2D eigenvalue weighted by atomic mass is 10.2. The largest absolute Gasteiger partial charge is 0.495 e. The van der Waals surface area contributed by atoms with Crippen molar-refractivity contribution in [3.63, 3.8) is 0 Å². The number of pyridine rings is 1. The van der Waals surface area contributed by atoms with Crippen molar-refractivity contribution < 1.29 is 19.4 Å². The summed E-state index contributed by atoms with van der Waals surface area (Å²) >= 11 is 0. The maximum absolute atomic E-state index is 12.0. The maximum atomic E-state index is 12.0. The molecule has 0 unspecified atom stereocenters. The molecular weight excluding hydrogens is 288 g/mol. The number of carbonyl (C=O) groups is 2. The Bertz CT molecular complexity index is 767. The fraction of sp³-hybridized carbons (Fsp3) is 0.133. The van der Waals surface area contributed by atoms with Gasteiger partial charge in [0.15, 0.2) is 0 Å². The van der Waals surface area contributed by atoms with Gasteiger partial charge in [-0.1, -0.05) is 12.1 Å². The second-order valence-electron chi connectivity index (χ2n) is 4.41. The van der Waals surface area contributed by atoms with Crippen molar-refractivity contribution >= 4 is 17.6 Å². The summed E-state index contributed by atoms with van der Waals surface area (Å²) in [7, 11) is 1.48. The van der Waals surface area contributed by atoms with E-state index in [9.17, 15) is 14.4 Å². The maximum Gasteiger partial charge on any atom is 0.341 e. The third kappa shape index (κ3) is 3.32. The lowest BCUT2D eigenvalue weighted by Gasteiger charge is -2.11. The van der Waals surface area contributed by atoms with Crippen LogP contribution in [0, 0.1) is 0 Å². The Morgan fingerprint density at radius 2 is 1.95 bits per heavy atom. The van der Waals surface area contributed by atoms with Crippen molar-refractivity contribution in [3.05, 3.63) is 58.5 Å². The zero-order valence-corrected chi connectivity index (χ0v) is 11.8. The fourth-order valence-electron chi connectivity index (χ4n) is 1.92. The van der Waals surface area contributed by atoms with Crippen molar-refractivity contribution in [1.29, 1.82) is 0 Å². The number of rotatable bonds is 5. The minimum absolute atomic E-state index is 0.294. The summed E-state index contributed by atoms with van der Waals surface area (Å²) in [6.07, 6.45) is 1.36. The predicted molar refractivity (Wildman–Crippen MR) is 79.3 cm³/mol. The van der Waals surface area contributed by atoms with Gasteiger partial charge in [0, 0.05) is 6.20 Å². The SMILES string of the molecule is COc1ccccc1NC(=O)Cn1cccc(C(=O)O)c1=O. The second-order valence-corrected chi connectivity index (χ2v) is 4.41. The fourth-order valence-corrected chi connectivity index (χ4v) is 1.92. The highest BCUT2D eigenvalue weighted by Gasteiger charge is 2.13. The molecule has 0 saturated carbocycles. The van der Waals surface area contributed by atoms with Gasteiger partial charge in [-0.05, 0) is 24.3 Å². The molecule has 0 aliphatic carbocycles. The highest BCUT2D eigenvalue weighted by molar-refractivity contribution is 5.92. The summed E-state index contributed by atoms with van der Waals surface area (Å²) in [6.45, 7) is -0.294. The third-order valence-electron chi connectivity index (χ3n) is 2.95. The van der Waals surface area contributed by atoms with Gasteiger partial charge in [0.05, 0.1) is 12.8 Å². The average molecular weight is 302 g/mol. The molecule has 7 nitrogen and oxygen atoms in total. The number of para-hydroxylation sites is 2. The van der Waals surface area contributed by atoms with Crippen molar-refractivity contribution in [1.82, 2.24) is 4.57 Å². The first-order valence-electron chi connectivity index (χ1n) is 6.38. The summed E-state index contributed by atoms with van der Waals surface area (Å²) in [5.41, 5.74) is -0.643. The molecule has 0 aliphatic heterocycles. The number of benzene rings is 1. The molecule has 0 spiro atoms. The van der Waals surface area contributed by atoms with Gasteiger partial charge >= 0.3 is 5.97 Å². The minimum atomic E-state index is -1.33. The molecule has 0 fully saturated rings. The van der Waals surface area contributed by atoms with Crippen molar-refractivity contribution in [2.75, 3.05) is 12.4 Å². The van der Waals surface area contributed by atoms with E-state index in [1.807, 2.05) is 0 Å². The number of carboxylic acids is 1. The summed E-state index contributed by atoms with van der Waals surface area (Å²) in [4.78, 5) is 34.8. The number of aromatic nitrogens is 1. The monoisotopic (exact) mass is 302 g/mol. The molecule has 1 heterocycles. The molecular formula is C15H14N2O5. The summed E-state index contributed by atoms with van der Waals surface area (Å²) in [5.74, 6) is -1.30. The van der Waals surface area contributed by atoms with Gasteiger partial charge in [-0.3, -0.25) is 9.59 Å². The van der Waals surface area contributed by atoms with Crippen molar-refractivity contribution in [2.45, 2.75) is 6.54 Å². The van der Waals surface area contributed by atoms with E-state index < -0.39 is 17.4 Å². The van der Waals surface area contributed by atoms with Crippen molar-refractivity contribution in [3.8, 4) is 5.75 Å². The first-order valence-corrected chi connectivity index (χ1v) is 6.38. The lowest BCUT2D eigenvalue weighted by Crippen LogP contribution is -2.30. The van der Waals surface area contributed by atoms with E-state index in [-0.39, 0.29) is 12.1 Å². The highest BCUT2D eigenvalue weighted by Crippen LogP contribution is 2.22.